The Morgan fingerprint density at radius 3 is 2.51 bits per heavy atom. The van der Waals surface area contributed by atoms with Crippen molar-refractivity contribution in [2.24, 2.45) is 0 Å². The van der Waals surface area contributed by atoms with Crippen LogP contribution >= 0.6 is 19.4 Å². The molecule has 13 heteroatoms. The third-order valence-corrected chi connectivity index (χ3v) is 7.36. The lowest BCUT2D eigenvalue weighted by Gasteiger charge is -2.21. The van der Waals surface area contributed by atoms with E-state index in [0.717, 1.165) is 5.56 Å². The first-order valence-electron chi connectivity index (χ1n) is 12.5. The van der Waals surface area contributed by atoms with Crippen molar-refractivity contribution in [3.8, 4) is 11.4 Å². The molecule has 3 rings (SSSR count). The van der Waals surface area contributed by atoms with E-state index in [1.54, 1.807) is 33.0 Å². The van der Waals surface area contributed by atoms with Gasteiger partial charge in [0.25, 0.3) is 5.91 Å². The average molecular weight is 580 g/mol. The maximum absolute atomic E-state index is 14.5. The van der Waals surface area contributed by atoms with Crippen LogP contribution in [0.2, 0.25) is 5.02 Å². The number of phosphoric acid groups is 1. The summed E-state index contributed by atoms with van der Waals surface area (Å²) in [6, 6.07) is 5.78. The van der Waals surface area contributed by atoms with Crippen molar-refractivity contribution < 1.29 is 27.3 Å². The Labute approximate surface area is 232 Å². The fraction of sp³-hybridized carbons (Fsp3) is 0.385. The summed E-state index contributed by atoms with van der Waals surface area (Å²) in [5, 5.41) is 6.28. The molecule has 3 aromatic rings. The van der Waals surface area contributed by atoms with Gasteiger partial charge in [-0.1, -0.05) is 25.4 Å². The molecule has 0 aliphatic rings. The molecule has 0 saturated carbocycles. The maximum Gasteiger partial charge on any atom is 0.475 e. The van der Waals surface area contributed by atoms with Gasteiger partial charge in [0, 0.05) is 35.7 Å². The highest BCUT2D eigenvalue weighted by molar-refractivity contribution is 7.48. The monoisotopic (exact) mass is 579 g/mol. The molecule has 2 N–H and O–H groups in total. The summed E-state index contributed by atoms with van der Waals surface area (Å²) < 4.78 is 42.9. The normalized spacial score (nSPS) is 12.4. The molecular weight excluding hydrogens is 548 g/mol. The molecule has 39 heavy (non-hydrogen) atoms. The van der Waals surface area contributed by atoms with Crippen LogP contribution in [0.3, 0.4) is 0 Å². The Morgan fingerprint density at radius 1 is 1.13 bits per heavy atom. The number of aromatic nitrogens is 3. The Balaban J connectivity index is 1.83. The molecule has 0 radical (unpaired) electrons. The fourth-order valence-corrected chi connectivity index (χ4v) is 5.04. The highest BCUT2D eigenvalue weighted by Gasteiger charge is 2.28. The minimum atomic E-state index is -3.74. The van der Waals surface area contributed by atoms with Gasteiger partial charge in [-0.05, 0) is 51.0 Å². The Bertz CT molecular complexity index is 1340. The predicted molar refractivity (Wildman–Crippen MR) is 148 cm³/mol. The highest BCUT2D eigenvalue weighted by atomic mass is 35.5. The number of benzene rings is 1. The van der Waals surface area contributed by atoms with E-state index in [4.69, 9.17) is 25.2 Å². The first-order valence-corrected chi connectivity index (χ1v) is 14.3. The number of phosphoric ester groups is 1. The van der Waals surface area contributed by atoms with Crippen molar-refractivity contribution in [2.75, 3.05) is 25.1 Å². The minimum Gasteiger partial charge on any atom is -0.349 e. The topological polar surface area (TPSA) is 125 Å². The maximum atomic E-state index is 14.5. The Morgan fingerprint density at radius 2 is 1.85 bits per heavy atom. The average Bonchev–Trinajstić information content (AvgIpc) is 2.89. The van der Waals surface area contributed by atoms with E-state index in [1.165, 1.54) is 30.6 Å². The van der Waals surface area contributed by atoms with Crippen molar-refractivity contribution >= 4 is 36.8 Å². The van der Waals surface area contributed by atoms with Crippen LogP contribution in [0.25, 0.3) is 11.4 Å². The second-order valence-corrected chi connectivity index (χ2v) is 10.8. The first kappa shape index (κ1) is 30.6. The van der Waals surface area contributed by atoms with Gasteiger partial charge in [0.2, 0.25) is 0 Å². The lowest BCUT2D eigenvalue weighted by molar-refractivity contribution is 0.0811. The number of anilines is 2. The molecule has 1 unspecified atom stereocenters. The van der Waals surface area contributed by atoms with E-state index in [1.807, 2.05) is 13.8 Å². The van der Waals surface area contributed by atoms with E-state index >= 15 is 0 Å². The second-order valence-electron chi connectivity index (χ2n) is 8.73. The van der Waals surface area contributed by atoms with E-state index in [2.05, 4.69) is 25.6 Å². The third kappa shape index (κ3) is 8.27. The van der Waals surface area contributed by atoms with Crippen molar-refractivity contribution in [3.05, 3.63) is 64.8 Å². The largest absolute Gasteiger partial charge is 0.475 e. The van der Waals surface area contributed by atoms with Crippen molar-refractivity contribution in [2.45, 2.75) is 46.6 Å². The van der Waals surface area contributed by atoms with Gasteiger partial charge < -0.3 is 10.6 Å². The number of hydrogen-bond donors (Lipinski definition) is 2. The molecular formula is C26H32ClFN5O5P. The quantitative estimate of drug-likeness (QED) is 0.218. The van der Waals surface area contributed by atoms with Crippen LogP contribution in [0.4, 0.5) is 15.9 Å². The smallest absolute Gasteiger partial charge is 0.349 e. The van der Waals surface area contributed by atoms with Gasteiger partial charge in [-0.25, -0.2) is 18.9 Å². The predicted octanol–water partition coefficient (Wildman–Crippen LogP) is 6.51. The number of pyridine rings is 1. The van der Waals surface area contributed by atoms with Crippen molar-refractivity contribution in [3.63, 3.8) is 0 Å². The standard InChI is InChI=1S/C26H32ClFN5O5P/c1-6-36-39(35,37-7-2)38-17(5)13-31-26(34)21-14-29-11-10-23(21)32-25-20(16(3)4)15-30-24(33-25)19-12-18(27)8-9-22(19)28/h8-12,14-17H,6-7,13H2,1-5H3,(H,31,34)(H,29,30,32,33). The van der Waals surface area contributed by atoms with Crippen LogP contribution in [0, 0.1) is 5.82 Å². The lowest BCUT2D eigenvalue weighted by Crippen LogP contribution is -2.32. The van der Waals surface area contributed by atoms with E-state index in [9.17, 15) is 13.8 Å². The molecule has 10 nitrogen and oxygen atoms in total. The molecule has 1 amide bonds. The zero-order valence-corrected chi connectivity index (χ0v) is 24.1. The molecule has 210 valence electrons. The third-order valence-electron chi connectivity index (χ3n) is 5.36. The van der Waals surface area contributed by atoms with Gasteiger partial charge >= 0.3 is 7.82 Å². The SMILES string of the molecule is CCOP(=O)(OCC)OC(C)CNC(=O)c1cnccc1Nc1nc(-c2cc(Cl)ccc2F)ncc1C(C)C. The molecule has 1 aromatic carbocycles. The fourth-order valence-electron chi connectivity index (χ4n) is 3.53. The number of carbonyl (C=O) groups is 1. The van der Waals surface area contributed by atoms with E-state index in [-0.39, 0.29) is 42.6 Å². The molecule has 0 saturated heterocycles. The van der Waals surface area contributed by atoms with Gasteiger partial charge in [-0.15, -0.1) is 0 Å². The van der Waals surface area contributed by atoms with E-state index in [0.29, 0.717) is 16.5 Å². The molecule has 0 spiro atoms. The van der Waals surface area contributed by atoms with Gasteiger partial charge in [-0.2, -0.15) is 0 Å². The molecule has 0 aliphatic carbocycles. The van der Waals surface area contributed by atoms with Gasteiger partial charge in [-0.3, -0.25) is 23.3 Å². The zero-order valence-electron chi connectivity index (χ0n) is 22.4. The lowest BCUT2D eigenvalue weighted by atomic mass is 10.1. The summed E-state index contributed by atoms with van der Waals surface area (Å²) >= 11 is 6.06. The summed E-state index contributed by atoms with van der Waals surface area (Å²) in [4.78, 5) is 26.1. The number of carbonyl (C=O) groups excluding carboxylic acids is 1. The number of hydrogen-bond acceptors (Lipinski definition) is 9. The molecule has 2 heterocycles. The first-order chi connectivity index (χ1) is 18.6. The second kappa shape index (κ2) is 13.9. The molecule has 0 bridgehead atoms. The van der Waals surface area contributed by atoms with Gasteiger partial charge in [0.1, 0.15) is 11.6 Å². The van der Waals surface area contributed by atoms with Crippen LogP contribution in [0.5, 0.6) is 0 Å². The number of rotatable bonds is 13. The van der Waals surface area contributed by atoms with Crippen LogP contribution in [-0.2, 0) is 18.1 Å². The summed E-state index contributed by atoms with van der Waals surface area (Å²) in [6.07, 6.45) is 3.88. The van der Waals surface area contributed by atoms with Crippen LogP contribution in [0.1, 0.15) is 56.5 Å². The van der Waals surface area contributed by atoms with Gasteiger partial charge in [0.15, 0.2) is 5.82 Å². The Hall–Kier alpha value is -2.95. The minimum absolute atomic E-state index is 0.0224. The van der Waals surface area contributed by atoms with Crippen molar-refractivity contribution in [1.82, 2.24) is 20.3 Å². The summed E-state index contributed by atoms with van der Waals surface area (Å²) in [5.41, 5.74) is 1.56. The van der Waals surface area contributed by atoms with Crippen molar-refractivity contribution in [1.29, 1.82) is 0 Å². The molecule has 1 atom stereocenters. The van der Waals surface area contributed by atoms with Crippen LogP contribution in [-0.4, -0.2) is 46.7 Å². The number of halogens is 2. The number of nitrogens with one attached hydrogen (secondary N) is 2. The molecule has 0 aliphatic heterocycles. The molecule has 2 aromatic heterocycles. The van der Waals surface area contributed by atoms with E-state index < -0.39 is 25.7 Å². The summed E-state index contributed by atoms with van der Waals surface area (Å²) in [6.45, 7) is 9.25. The summed E-state index contributed by atoms with van der Waals surface area (Å²) in [7, 11) is -3.74. The molecule has 0 fully saturated rings. The van der Waals surface area contributed by atoms with Crippen LogP contribution < -0.4 is 10.6 Å². The number of amides is 1. The number of nitrogens with zero attached hydrogens (tertiary/aromatic N) is 3. The zero-order chi connectivity index (χ0) is 28.6. The van der Waals surface area contributed by atoms with Gasteiger partial charge in [0.05, 0.1) is 36.1 Å². The summed E-state index contributed by atoms with van der Waals surface area (Å²) in [5.74, 6) is -0.401. The van der Waals surface area contributed by atoms with Crippen LogP contribution in [0.15, 0.2) is 42.9 Å². The Kier molecular flexibility index (Phi) is 10.9. The highest BCUT2D eigenvalue weighted by Crippen LogP contribution is 2.50.